The smallest absolute Gasteiger partial charge is 0.269 e. The quantitative estimate of drug-likeness (QED) is 0.0467. The molecule has 6 aromatic carbocycles. The van der Waals surface area contributed by atoms with E-state index in [1.165, 1.54) is 5.56 Å². The van der Waals surface area contributed by atoms with Crippen LogP contribution in [0.4, 0.5) is 26.3 Å². The molecule has 4 nitrogen and oxygen atoms in total. The first kappa shape index (κ1) is 39.8. The SMILES string of the molecule is Fc1cc(OC(F)c2c(F)cc(-c3c(OCCCc4ccccc4)cc(OCCCc4ccccc4)cc3OCCCc3ccccc3)cc2F)cc(F)c1F. The van der Waals surface area contributed by atoms with E-state index < -0.39 is 46.8 Å². The van der Waals surface area contributed by atoms with Gasteiger partial charge in [-0.3, -0.25) is 0 Å². The lowest BCUT2D eigenvalue weighted by molar-refractivity contribution is 0.0591. The van der Waals surface area contributed by atoms with Crippen molar-refractivity contribution in [3.8, 4) is 34.1 Å². The van der Waals surface area contributed by atoms with Crippen molar-refractivity contribution in [3.63, 3.8) is 0 Å². The summed E-state index contributed by atoms with van der Waals surface area (Å²) in [5, 5.41) is 0. The molecule has 0 radical (unpaired) electrons. The summed E-state index contributed by atoms with van der Waals surface area (Å²) in [6.07, 6.45) is 1.34. The van der Waals surface area contributed by atoms with Crippen LogP contribution in [-0.2, 0) is 19.3 Å². The Morgan fingerprint density at radius 3 is 1.29 bits per heavy atom. The van der Waals surface area contributed by atoms with E-state index in [9.17, 15) is 13.2 Å². The van der Waals surface area contributed by atoms with E-state index in [0.717, 1.165) is 29.7 Å². The lowest BCUT2D eigenvalue weighted by Gasteiger charge is -2.20. The van der Waals surface area contributed by atoms with E-state index in [4.69, 9.17) is 18.9 Å². The number of hydrogen-bond donors (Lipinski definition) is 0. The summed E-state index contributed by atoms with van der Waals surface area (Å²) in [5.41, 5.74) is 2.44. The molecule has 0 fully saturated rings. The molecule has 0 N–H and O–H groups in total. The summed E-state index contributed by atoms with van der Waals surface area (Å²) in [4.78, 5) is 0. The zero-order chi connectivity index (χ0) is 39.3. The van der Waals surface area contributed by atoms with E-state index in [2.05, 4.69) is 0 Å². The molecule has 6 rings (SSSR count). The highest BCUT2D eigenvalue weighted by Gasteiger charge is 2.26. The van der Waals surface area contributed by atoms with Gasteiger partial charge in [-0.25, -0.2) is 22.0 Å². The van der Waals surface area contributed by atoms with E-state index in [1.54, 1.807) is 12.1 Å². The lowest BCUT2D eigenvalue weighted by Crippen LogP contribution is -2.09. The minimum Gasteiger partial charge on any atom is -0.493 e. The van der Waals surface area contributed by atoms with Gasteiger partial charge in [-0.2, -0.15) is 4.39 Å². The second-order valence-electron chi connectivity index (χ2n) is 13.1. The van der Waals surface area contributed by atoms with E-state index in [0.29, 0.717) is 56.6 Å². The Morgan fingerprint density at radius 2 is 0.857 bits per heavy atom. The van der Waals surface area contributed by atoms with Gasteiger partial charge in [0.05, 0.1) is 30.9 Å². The van der Waals surface area contributed by atoms with Gasteiger partial charge in [-0.05, 0) is 72.9 Å². The monoisotopic (exact) mass is 770 g/mol. The minimum atomic E-state index is -2.83. The molecule has 0 saturated heterocycles. The predicted molar refractivity (Wildman–Crippen MR) is 203 cm³/mol. The van der Waals surface area contributed by atoms with Crippen LogP contribution in [0, 0.1) is 29.1 Å². The van der Waals surface area contributed by atoms with Crippen LogP contribution in [0.3, 0.4) is 0 Å². The van der Waals surface area contributed by atoms with Crippen LogP contribution in [0.2, 0.25) is 0 Å². The van der Waals surface area contributed by atoms with Crippen LogP contribution in [0.5, 0.6) is 23.0 Å². The summed E-state index contributed by atoms with van der Waals surface area (Å²) < 4.78 is 111. The summed E-state index contributed by atoms with van der Waals surface area (Å²) in [5.74, 6) is -7.71. The first-order valence-electron chi connectivity index (χ1n) is 18.4. The summed E-state index contributed by atoms with van der Waals surface area (Å²) >= 11 is 0. The fourth-order valence-electron chi connectivity index (χ4n) is 6.20. The topological polar surface area (TPSA) is 36.9 Å². The number of hydrogen-bond acceptors (Lipinski definition) is 4. The van der Waals surface area contributed by atoms with Crippen LogP contribution < -0.4 is 18.9 Å². The second-order valence-corrected chi connectivity index (χ2v) is 13.1. The van der Waals surface area contributed by atoms with Crippen LogP contribution in [0.1, 0.15) is 47.9 Å². The fourth-order valence-corrected chi connectivity index (χ4v) is 6.20. The number of rotatable bonds is 19. The molecule has 0 saturated carbocycles. The van der Waals surface area contributed by atoms with Crippen molar-refractivity contribution < 1.29 is 45.3 Å². The van der Waals surface area contributed by atoms with Crippen LogP contribution in [0.25, 0.3) is 11.1 Å². The van der Waals surface area contributed by atoms with Crippen LogP contribution in [-0.4, -0.2) is 19.8 Å². The largest absolute Gasteiger partial charge is 0.493 e. The normalized spacial score (nSPS) is 11.6. The molecule has 0 spiro atoms. The molecule has 10 heteroatoms. The molecule has 0 amide bonds. The first-order chi connectivity index (χ1) is 27.2. The third-order valence-corrected chi connectivity index (χ3v) is 8.97. The Labute approximate surface area is 322 Å². The van der Waals surface area contributed by atoms with Gasteiger partial charge in [-0.1, -0.05) is 91.0 Å². The average molecular weight is 771 g/mol. The predicted octanol–water partition coefficient (Wildman–Crippen LogP) is 12.1. The van der Waals surface area contributed by atoms with Crippen molar-refractivity contribution in [3.05, 3.63) is 179 Å². The van der Waals surface area contributed by atoms with Gasteiger partial charge >= 0.3 is 0 Å². The van der Waals surface area contributed by atoms with Gasteiger partial charge in [0.1, 0.15) is 34.6 Å². The maximum atomic E-state index is 15.8. The van der Waals surface area contributed by atoms with Crippen molar-refractivity contribution in [1.82, 2.24) is 0 Å². The van der Waals surface area contributed by atoms with Crippen molar-refractivity contribution in [2.24, 2.45) is 0 Å². The maximum Gasteiger partial charge on any atom is 0.269 e. The van der Waals surface area contributed by atoms with Gasteiger partial charge in [0.25, 0.3) is 6.36 Å². The molecule has 0 bridgehead atoms. The Balaban J connectivity index is 1.30. The third kappa shape index (κ3) is 10.9. The maximum absolute atomic E-state index is 15.8. The number of ether oxygens (including phenoxy) is 4. The fraction of sp³-hybridized carbons (Fsp3) is 0.217. The van der Waals surface area contributed by atoms with E-state index in [1.807, 2.05) is 91.0 Å². The Hall–Kier alpha value is -5.90. The molecule has 56 heavy (non-hydrogen) atoms. The Bertz CT molecular complexity index is 2050. The number of aryl methyl sites for hydroxylation is 3. The summed E-state index contributed by atoms with van der Waals surface area (Å²) in [6.45, 7) is 0.842. The molecular weight excluding hydrogens is 730 g/mol. The number of benzene rings is 6. The van der Waals surface area contributed by atoms with E-state index >= 15 is 13.2 Å². The highest BCUT2D eigenvalue weighted by atomic mass is 19.2. The molecule has 0 aliphatic carbocycles. The van der Waals surface area contributed by atoms with Gasteiger partial charge in [0.2, 0.25) is 0 Å². The second kappa shape index (κ2) is 19.6. The summed E-state index contributed by atoms with van der Waals surface area (Å²) in [7, 11) is 0. The first-order valence-corrected chi connectivity index (χ1v) is 18.4. The molecule has 6 aromatic rings. The van der Waals surface area contributed by atoms with Crippen LogP contribution in [0.15, 0.2) is 127 Å². The van der Waals surface area contributed by atoms with Crippen molar-refractivity contribution in [2.45, 2.75) is 44.9 Å². The molecule has 0 aliphatic rings. The van der Waals surface area contributed by atoms with Gasteiger partial charge in [0, 0.05) is 24.3 Å². The molecule has 1 atom stereocenters. The standard InChI is InChI=1S/C46H40F6O4/c47-37-25-34(26-38(48)44(37)46(52)56-36-27-39(49)45(51)40(50)28-36)43-41(54-23-11-20-32-15-6-2-7-16-32)29-35(53-22-10-19-31-13-4-1-5-14-31)30-42(43)55-24-12-21-33-17-8-3-9-18-33/h1-9,13-18,25-30,46H,10-12,19-24H2. The van der Waals surface area contributed by atoms with Crippen molar-refractivity contribution in [1.29, 1.82) is 0 Å². The zero-order valence-corrected chi connectivity index (χ0v) is 30.5. The molecule has 0 heterocycles. The molecule has 0 aromatic heterocycles. The minimum absolute atomic E-state index is 0.0263. The average Bonchev–Trinajstić information content (AvgIpc) is 3.19. The van der Waals surface area contributed by atoms with Gasteiger partial charge in [-0.15, -0.1) is 0 Å². The zero-order valence-electron chi connectivity index (χ0n) is 30.5. The molecule has 1 unspecified atom stereocenters. The number of halogens is 6. The highest BCUT2D eigenvalue weighted by molar-refractivity contribution is 5.78. The molecule has 0 aliphatic heterocycles. The van der Waals surface area contributed by atoms with Crippen molar-refractivity contribution in [2.75, 3.05) is 19.8 Å². The Morgan fingerprint density at radius 1 is 0.446 bits per heavy atom. The summed E-state index contributed by atoms with van der Waals surface area (Å²) in [6, 6.07) is 35.5. The van der Waals surface area contributed by atoms with Crippen LogP contribution >= 0.6 is 0 Å². The van der Waals surface area contributed by atoms with Gasteiger partial charge < -0.3 is 18.9 Å². The van der Waals surface area contributed by atoms with E-state index in [-0.39, 0.29) is 35.8 Å². The van der Waals surface area contributed by atoms with Crippen molar-refractivity contribution >= 4 is 0 Å². The molecule has 290 valence electrons. The molecular formula is C46H40F6O4. The highest BCUT2D eigenvalue weighted by Crippen LogP contribution is 2.44. The third-order valence-electron chi connectivity index (χ3n) is 8.97. The number of alkyl halides is 1. The van der Waals surface area contributed by atoms with Gasteiger partial charge in [0.15, 0.2) is 17.5 Å². The Kier molecular flexibility index (Phi) is 13.9. The lowest BCUT2D eigenvalue weighted by atomic mass is 10.00.